The number of hydrogen-bond donors (Lipinski definition) is 2. The number of aryl methyl sites for hydroxylation is 2. The fourth-order valence-electron chi connectivity index (χ4n) is 2.71. The summed E-state index contributed by atoms with van der Waals surface area (Å²) < 4.78 is 5.71. The molecule has 1 aromatic carbocycles. The highest BCUT2D eigenvalue weighted by molar-refractivity contribution is 5.80. The molecule has 0 aliphatic rings. The average molecular weight is 356 g/mol. The number of carbonyl (C=O) groups is 1. The molecule has 1 unspecified atom stereocenters. The maximum atomic E-state index is 12.3. The van der Waals surface area contributed by atoms with Crippen molar-refractivity contribution in [2.24, 2.45) is 0 Å². The van der Waals surface area contributed by atoms with Crippen LogP contribution in [-0.2, 0) is 16.8 Å². The van der Waals surface area contributed by atoms with Crippen molar-refractivity contribution >= 4 is 5.91 Å². The van der Waals surface area contributed by atoms with E-state index < -0.39 is 6.10 Å². The first kappa shape index (κ1) is 19.8. The number of nitrogens with one attached hydrogen (secondary N) is 2. The number of amides is 1. The molecule has 5 heteroatoms. The first-order valence-electron chi connectivity index (χ1n) is 8.82. The lowest BCUT2D eigenvalue weighted by Gasteiger charge is -2.20. The molecular weight excluding hydrogens is 328 g/mol. The molecule has 1 aromatic heterocycles. The van der Waals surface area contributed by atoms with Gasteiger partial charge in [-0.05, 0) is 55.5 Å². The Hall–Kier alpha value is -2.56. The number of benzene rings is 1. The lowest BCUT2D eigenvalue weighted by atomic mass is 9.87. The number of H-pyrrole nitrogens is 1. The lowest BCUT2D eigenvalue weighted by molar-refractivity contribution is -0.127. The van der Waals surface area contributed by atoms with E-state index in [1.54, 1.807) is 6.92 Å². The monoisotopic (exact) mass is 356 g/mol. The van der Waals surface area contributed by atoms with Crippen LogP contribution in [0, 0.1) is 13.8 Å². The van der Waals surface area contributed by atoms with Gasteiger partial charge in [0.2, 0.25) is 0 Å². The van der Waals surface area contributed by atoms with Crippen LogP contribution in [0.1, 0.15) is 50.1 Å². The van der Waals surface area contributed by atoms with Gasteiger partial charge in [0.25, 0.3) is 11.5 Å². The molecule has 0 aliphatic carbocycles. The molecule has 2 aromatic rings. The summed E-state index contributed by atoms with van der Waals surface area (Å²) in [6, 6.07) is 9.66. The van der Waals surface area contributed by atoms with Crippen LogP contribution >= 0.6 is 0 Å². The summed E-state index contributed by atoms with van der Waals surface area (Å²) in [6.45, 7) is 12.0. The molecule has 2 rings (SSSR count). The molecule has 0 aliphatic heterocycles. The van der Waals surface area contributed by atoms with Crippen molar-refractivity contribution in [1.29, 1.82) is 0 Å². The van der Waals surface area contributed by atoms with Gasteiger partial charge in [-0.3, -0.25) is 9.59 Å². The zero-order valence-electron chi connectivity index (χ0n) is 16.4. The Bertz CT molecular complexity index is 830. The van der Waals surface area contributed by atoms with E-state index in [0.29, 0.717) is 11.3 Å². The van der Waals surface area contributed by atoms with Gasteiger partial charge in [0.05, 0.1) is 0 Å². The van der Waals surface area contributed by atoms with E-state index in [1.165, 1.54) is 5.56 Å². The van der Waals surface area contributed by atoms with Crippen molar-refractivity contribution in [1.82, 2.24) is 10.3 Å². The molecule has 0 saturated carbocycles. The third-order valence-electron chi connectivity index (χ3n) is 4.34. The third kappa shape index (κ3) is 4.97. The normalized spacial score (nSPS) is 12.5. The van der Waals surface area contributed by atoms with Crippen molar-refractivity contribution < 1.29 is 9.53 Å². The SMILES string of the molecule is Cc1cc(C)c(CNC(=O)C(C)Oc2ccc(C(C)(C)C)cc2)c(=O)[nH]1. The predicted molar refractivity (Wildman–Crippen MR) is 104 cm³/mol. The Balaban J connectivity index is 1.97. The molecule has 2 N–H and O–H groups in total. The molecule has 0 fully saturated rings. The van der Waals surface area contributed by atoms with Gasteiger partial charge >= 0.3 is 0 Å². The Morgan fingerprint density at radius 2 is 1.81 bits per heavy atom. The van der Waals surface area contributed by atoms with E-state index in [9.17, 15) is 9.59 Å². The highest BCUT2D eigenvalue weighted by Crippen LogP contribution is 2.24. The molecule has 26 heavy (non-hydrogen) atoms. The van der Waals surface area contributed by atoms with Gasteiger partial charge in [-0.2, -0.15) is 0 Å². The molecule has 140 valence electrons. The second-order valence-electron chi connectivity index (χ2n) is 7.70. The van der Waals surface area contributed by atoms with Crippen molar-refractivity contribution in [3.8, 4) is 5.75 Å². The van der Waals surface area contributed by atoms with Crippen molar-refractivity contribution in [2.75, 3.05) is 0 Å². The number of pyridine rings is 1. The fourth-order valence-corrected chi connectivity index (χ4v) is 2.71. The largest absolute Gasteiger partial charge is 0.481 e. The summed E-state index contributed by atoms with van der Waals surface area (Å²) in [5, 5.41) is 2.77. The van der Waals surface area contributed by atoms with Gasteiger partial charge in [-0.1, -0.05) is 32.9 Å². The van der Waals surface area contributed by atoms with E-state index in [-0.39, 0.29) is 23.4 Å². The number of carbonyl (C=O) groups excluding carboxylic acids is 1. The zero-order valence-corrected chi connectivity index (χ0v) is 16.4. The van der Waals surface area contributed by atoms with Crippen molar-refractivity contribution in [2.45, 2.75) is 59.6 Å². The van der Waals surface area contributed by atoms with Crippen LogP contribution in [0.2, 0.25) is 0 Å². The smallest absolute Gasteiger partial charge is 0.261 e. The summed E-state index contributed by atoms with van der Waals surface area (Å²) >= 11 is 0. The van der Waals surface area contributed by atoms with E-state index in [1.807, 2.05) is 44.2 Å². The minimum Gasteiger partial charge on any atom is -0.481 e. The average Bonchev–Trinajstić information content (AvgIpc) is 2.53. The van der Waals surface area contributed by atoms with Crippen molar-refractivity contribution in [3.05, 3.63) is 63.1 Å². The van der Waals surface area contributed by atoms with E-state index in [2.05, 4.69) is 31.1 Å². The van der Waals surface area contributed by atoms with Gasteiger partial charge in [0.15, 0.2) is 6.10 Å². The van der Waals surface area contributed by atoms with Gasteiger partial charge in [-0.25, -0.2) is 0 Å². The molecule has 1 amide bonds. The number of rotatable bonds is 5. The molecule has 5 nitrogen and oxygen atoms in total. The number of aromatic amines is 1. The topological polar surface area (TPSA) is 71.2 Å². The minimum absolute atomic E-state index is 0.0699. The zero-order chi connectivity index (χ0) is 19.5. The van der Waals surface area contributed by atoms with Crippen LogP contribution in [0.25, 0.3) is 0 Å². The summed E-state index contributed by atoms with van der Waals surface area (Å²) in [5.74, 6) is 0.384. The molecule has 1 heterocycles. The first-order valence-corrected chi connectivity index (χ1v) is 8.82. The molecule has 1 atom stereocenters. The predicted octanol–water partition coefficient (Wildman–Crippen LogP) is 3.37. The Kier molecular flexibility index (Phi) is 5.90. The highest BCUT2D eigenvalue weighted by atomic mass is 16.5. The second-order valence-corrected chi connectivity index (χ2v) is 7.70. The highest BCUT2D eigenvalue weighted by Gasteiger charge is 2.17. The van der Waals surface area contributed by atoms with Crippen LogP contribution < -0.4 is 15.6 Å². The van der Waals surface area contributed by atoms with E-state index in [0.717, 1.165) is 11.3 Å². The quantitative estimate of drug-likeness (QED) is 0.863. The molecule has 0 saturated heterocycles. The second kappa shape index (κ2) is 7.77. The Morgan fingerprint density at radius 3 is 2.35 bits per heavy atom. The van der Waals surface area contributed by atoms with Gasteiger partial charge in [-0.15, -0.1) is 0 Å². The Labute approximate surface area is 154 Å². The minimum atomic E-state index is -0.652. The molecule has 0 bridgehead atoms. The number of ether oxygens (including phenoxy) is 1. The van der Waals surface area contributed by atoms with Crippen LogP contribution in [0.15, 0.2) is 35.1 Å². The summed E-state index contributed by atoms with van der Waals surface area (Å²) in [7, 11) is 0. The summed E-state index contributed by atoms with van der Waals surface area (Å²) in [5.41, 5.74) is 3.33. The summed E-state index contributed by atoms with van der Waals surface area (Å²) in [4.78, 5) is 27.0. The van der Waals surface area contributed by atoms with E-state index in [4.69, 9.17) is 4.74 Å². The van der Waals surface area contributed by atoms with Gasteiger partial charge in [0, 0.05) is 17.8 Å². The van der Waals surface area contributed by atoms with Crippen molar-refractivity contribution in [3.63, 3.8) is 0 Å². The molecule has 0 spiro atoms. The maximum absolute atomic E-state index is 12.3. The van der Waals surface area contributed by atoms with Crippen LogP contribution in [0.3, 0.4) is 0 Å². The Morgan fingerprint density at radius 1 is 1.19 bits per heavy atom. The summed E-state index contributed by atoms with van der Waals surface area (Å²) in [6.07, 6.45) is -0.652. The third-order valence-corrected chi connectivity index (χ3v) is 4.34. The lowest BCUT2D eigenvalue weighted by Crippen LogP contribution is -2.37. The van der Waals surface area contributed by atoms with Gasteiger partial charge in [0.1, 0.15) is 5.75 Å². The fraction of sp³-hybridized carbons (Fsp3) is 0.429. The van der Waals surface area contributed by atoms with E-state index >= 15 is 0 Å². The number of aromatic nitrogens is 1. The first-order chi connectivity index (χ1) is 12.1. The van der Waals surface area contributed by atoms with Crippen LogP contribution in [-0.4, -0.2) is 17.0 Å². The maximum Gasteiger partial charge on any atom is 0.261 e. The van der Waals surface area contributed by atoms with Gasteiger partial charge < -0.3 is 15.0 Å². The molecule has 0 radical (unpaired) electrons. The van der Waals surface area contributed by atoms with Crippen LogP contribution in [0.4, 0.5) is 0 Å². The van der Waals surface area contributed by atoms with Crippen LogP contribution in [0.5, 0.6) is 5.75 Å². The molecular formula is C21H28N2O3. The number of hydrogen-bond acceptors (Lipinski definition) is 3. The standard InChI is InChI=1S/C21H28N2O3/c1-13-11-14(2)23-20(25)18(13)12-22-19(24)15(3)26-17-9-7-16(8-10-17)21(4,5)6/h7-11,15H,12H2,1-6H3,(H,22,24)(H,23,25).